The predicted molar refractivity (Wildman–Crippen MR) is 143 cm³/mol. The van der Waals surface area contributed by atoms with E-state index in [0.29, 0.717) is 18.8 Å². The zero-order chi connectivity index (χ0) is 26.8. The number of anilines is 2. The van der Waals surface area contributed by atoms with Gasteiger partial charge in [0, 0.05) is 28.8 Å². The van der Waals surface area contributed by atoms with Crippen LogP contribution < -0.4 is 14.8 Å². The highest BCUT2D eigenvalue weighted by molar-refractivity contribution is 7.92. The Balaban J connectivity index is 1.53. The molecule has 3 aromatic carbocycles. The molecule has 2 N–H and O–H groups in total. The summed E-state index contributed by atoms with van der Waals surface area (Å²) >= 11 is 11.9. The summed E-state index contributed by atoms with van der Waals surface area (Å²) < 4.78 is 60.4. The first-order valence-electron chi connectivity index (χ1n) is 11.1. The fraction of sp³-hybridized carbons (Fsp3) is 0.208. The van der Waals surface area contributed by atoms with E-state index < -0.39 is 26.0 Å². The van der Waals surface area contributed by atoms with Crippen LogP contribution in [0, 0.1) is 0 Å². The van der Waals surface area contributed by atoms with Crippen LogP contribution in [0.3, 0.4) is 0 Å². The minimum Gasteiger partial charge on any atom is -0.496 e. The lowest BCUT2D eigenvalue weighted by Gasteiger charge is -2.17. The molecule has 196 valence electrons. The highest BCUT2D eigenvalue weighted by atomic mass is 35.5. The third-order valence-electron chi connectivity index (χ3n) is 5.66. The highest BCUT2D eigenvalue weighted by Crippen LogP contribution is 2.28. The van der Waals surface area contributed by atoms with Gasteiger partial charge in [0.25, 0.3) is 15.9 Å². The predicted octanol–water partition coefficient (Wildman–Crippen LogP) is 4.84. The molecule has 13 heteroatoms. The van der Waals surface area contributed by atoms with Gasteiger partial charge in [-0.05, 0) is 73.5 Å². The number of hydrogen-bond donors (Lipinski definition) is 2. The number of ether oxygens (including phenoxy) is 1. The van der Waals surface area contributed by atoms with Crippen LogP contribution in [0.2, 0.25) is 10.0 Å². The standard InChI is InChI=1S/C24H23Cl2N3O6S2/c1-35-23-9-8-21(37(33,34)29-10-2-3-11-29)15-22(23)24(30)27-18-4-6-20(7-5-18)36(31,32)28-19-13-16(25)12-17(26)14-19/h4-9,12-15,28H,2-3,10-11H2,1H3,(H,27,30). The van der Waals surface area contributed by atoms with Crippen molar-refractivity contribution in [2.24, 2.45) is 0 Å². The van der Waals surface area contributed by atoms with Crippen molar-refractivity contribution in [3.8, 4) is 5.75 Å². The van der Waals surface area contributed by atoms with Crippen molar-refractivity contribution < 1.29 is 26.4 Å². The van der Waals surface area contributed by atoms with Crippen LogP contribution in [0.4, 0.5) is 11.4 Å². The lowest BCUT2D eigenvalue weighted by Crippen LogP contribution is -2.28. The molecule has 1 heterocycles. The van der Waals surface area contributed by atoms with E-state index in [1.807, 2.05) is 0 Å². The average Bonchev–Trinajstić information content (AvgIpc) is 3.39. The minimum atomic E-state index is -3.96. The number of carbonyl (C=O) groups is 1. The summed E-state index contributed by atoms with van der Waals surface area (Å²) in [6.45, 7) is 0.870. The quantitative estimate of drug-likeness (QED) is 0.391. The lowest BCUT2D eigenvalue weighted by atomic mass is 10.2. The summed E-state index contributed by atoms with van der Waals surface area (Å²) in [5.74, 6) is -0.418. The van der Waals surface area contributed by atoms with E-state index in [2.05, 4.69) is 10.0 Å². The number of benzene rings is 3. The third-order valence-corrected chi connectivity index (χ3v) is 9.38. The summed E-state index contributed by atoms with van der Waals surface area (Å²) in [5, 5.41) is 3.20. The Kier molecular flexibility index (Phi) is 8.00. The van der Waals surface area contributed by atoms with Crippen LogP contribution in [0.1, 0.15) is 23.2 Å². The van der Waals surface area contributed by atoms with Crippen molar-refractivity contribution in [2.45, 2.75) is 22.6 Å². The molecule has 1 aliphatic heterocycles. The summed E-state index contributed by atoms with van der Waals surface area (Å²) in [4.78, 5) is 13.0. The fourth-order valence-electron chi connectivity index (χ4n) is 3.85. The molecule has 1 aliphatic rings. The van der Waals surface area contributed by atoms with Crippen molar-refractivity contribution in [1.82, 2.24) is 4.31 Å². The molecule has 0 unspecified atom stereocenters. The number of sulfonamides is 2. The lowest BCUT2D eigenvalue weighted by molar-refractivity contribution is 0.102. The Hall–Kier alpha value is -2.83. The number of nitrogens with one attached hydrogen (secondary N) is 2. The average molecular weight is 585 g/mol. The van der Waals surface area contributed by atoms with E-state index in [1.165, 1.54) is 72.1 Å². The van der Waals surface area contributed by atoms with Crippen LogP contribution >= 0.6 is 23.2 Å². The molecule has 0 atom stereocenters. The van der Waals surface area contributed by atoms with Crippen LogP contribution in [-0.4, -0.2) is 47.2 Å². The fourth-order valence-corrected chi connectivity index (χ4v) is 6.96. The second-order valence-electron chi connectivity index (χ2n) is 8.22. The molecule has 0 aromatic heterocycles. The van der Waals surface area contributed by atoms with Gasteiger partial charge in [-0.2, -0.15) is 4.31 Å². The molecule has 0 saturated carbocycles. The van der Waals surface area contributed by atoms with E-state index >= 15 is 0 Å². The molecule has 3 aromatic rings. The molecule has 9 nitrogen and oxygen atoms in total. The third kappa shape index (κ3) is 6.19. The first-order chi connectivity index (χ1) is 17.5. The maximum absolute atomic E-state index is 13.0. The summed E-state index contributed by atoms with van der Waals surface area (Å²) in [7, 11) is -6.32. The van der Waals surface area contributed by atoms with Gasteiger partial charge in [0.05, 0.1) is 28.2 Å². The Bertz CT molecular complexity index is 1520. The number of methoxy groups -OCH3 is 1. The normalized spacial score (nSPS) is 14.4. The molecule has 0 spiro atoms. The van der Waals surface area contributed by atoms with Crippen LogP contribution in [0.25, 0.3) is 0 Å². The second kappa shape index (κ2) is 10.9. The molecule has 1 fully saturated rings. The van der Waals surface area contributed by atoms with Crippen molar-refractivity contribution in [1.29, 1.82) is 0 Å². The van der Waals surface area contributed by atoms with Gasteiger partial charge in [-0.1, -0.05) is 23.2 Å². The van der Waals surface area contributed by atoms with E-state index in [9.17, 15) is 21.6 Å². The molecular weight excluding hydrogens is 561 g/mol. The SMILES string of the molecule is COc1ccc(S(=O)(=O)N2CCCC2)cc1C(=O)Nc1ccc(S(=O)(=O)Nc2cc(Cl)cc(Cl)c2)cc1. The minimum absolute atomic E-state index is 0.00557. The maximum Gasteiger partial charge on any atom is 0.261 e. The smallest absolute Gasteiger partial charge is 0.261 e. The van der Waals surface area contributed by atoms with Crippen molar-refractivity contribution in [2.75, 3.05) is 30.2 Å². The van der Waals surface area contributed by atoms with Crippen molar-refractivity contribution in [3.05, 3.63) is 76.3 Å². The summed E-state index contributed by atoms with van der Waals surface area (Å²) in [5.41, 5.74) is 0.523. The van der Waals surface area contributed by atoms with E-state index in [1.54, 1.807) is 0 Å². The Morgan fingerprint density at radius 3 is 2.03 bits per heavy atom. The number of carbonyl (C=O) groups excluding carboxylic acids is 1. The van der Waals surface area contributed by atoms with Crippen LogP contribution in [0.5, 0.6) is 5.75 Å². The molecule has 0 bridgehead atoms. The van der Waals surface area contributed by atoms with Crippen molar-refractivity contribution >= 4 is 60.5 Å². The highest BCUT2D eigenvalue weighted by Gasteiger charge is 2.28. The Labute approximate surface area is 225 Å². The Morgan fingerprint density at radius 1 is 0.838 bits per heavy atom. The first-order valence-corrected chi connectivity index (χ1v) is 14.8. The van der Waals surface area contributed by atoms with Gasteiger partial charge in [0.1, 0.15) is 5.75 Å². The van der Waals surface area contributed by atoms with Gasteiger partial charge in [0.2, 0.25) is 10.0 Å². The molecule has 4 rings (SSSR count). The molecule has 1 saturated heterocycles. The van der Waals surface area contributed by atoms with Crippen LogP contribution in [-0.2, 0) is 20.0 Å². The summed E-state index contributed by atoms with van der Waals surface area (Å²) in [6, 6.07) is 13.9. The van der Waals surface area contributed by atoms with Gasteiger partial charge >= 0.3 is 0 Å². The van der Waals surface area contributed by atoms with Gasteiger partial charge in [-0.25, -0.2) is 16.8 Å². The second-order valence-corrected chi connectivity index (χ2v) is 12.7. The number of nitrogens with zero attached hydrogens (tertiary/aromatic N) is 1. The van der Waals surface area contributed by atoms with E-state index in [-0.39, 0.29) is 36.8 Å². The summed E-state index contributed by atoms with van der Waals surface area (Å²) in [6.07, 6.45) is 1.58. The largest absolute Gasteiger partial charge is 0.496 e. The number of hydrogen-bond acceptors (Lipinski definition) is 6. The van der Waals surface area contributed by atoms with Crippen molar-refractivity contribution in [3.63, 3.8) is 0 Å². The van der Waals surface area contributed by atoms with Gasteiger partial charge in [-0.3, -0.25) is 9.52 Å². The van der Waals surface area contributed by atoms with Gasteiger partial charge in [0.15, 0.2) is 0 Å². The number of rotatable bonds is 8. The van der Waals surface area contributed by atoms with Crippen LogP contribution in [0.15, 0.2) is 70.5 Å². The monoisotopic (exact) mass is 583 g/mol. The maximum atomic E-state index is 13.0. The van der Waals surface area contributed by atoms with E-state index in [0.717, 1.165) is 12.8 Å². The Morgan fingerprint density at radius 2 is 1.43 bits per heavy atom. The molecule has 1 amide bonds. The molecular formula is C24H23Cl2N3O6S2. The number of amides is 1. The molecule has 0 aliphatic carbocycles. The van der Waals surface area contributed by atoms with E-state index in [4.69, 9.17) is 27.9 Å². The van der Waals surface area contributed by atoms with Gasteiger partial charge < -0.3 is 10.1 Å². The topological polar surface area (TPSA) is 122 Å². The molecule has 37 heavy (non-hydrogen) atoms. The molecule has 0 radical (unpaired) electrons. The van der Waals surface area contributed by atoms with Gasteiger partial charge in [-0.15, -0.1) is 0 Å². The number of halogens is 2. The zero-order valence-corrected chi connectivity index (χ0v) is 22.7. The zero-order valence-electron chi connectivity index (χ0n) is 19.6. The first kappa shape index (κ1) is 27.2.